The topological polar surface area (TPSA) is 50.1 Å². The molecule has 0 fully saturated rings. The Balaban J connectivity index is 3.44. The van der Waals surface area contributed by atoms with Gasteiger partial charge in [-0.15, -0.1) is 0 Å². The summed E-state index contributed by atoms with van der Waals surface area (Å²) in [6, 6.07) is 5.23. The van der Waals surface area contributed by atoms with Crippen LogP contribution in [-0.2, 0) is 0 Å². The van der Waals surface area contributed by atoms with Gasteiger partial charge in [-0.25, -0.2) is 0 Å². The van der Waals surface area contributed by atoms with Gasteiger partial charge in [0, 0.05) is 10.0 Å². The van der Waals surface area contributed by atoms with E-state index in [0.717, 1.165) is 0 Å². The molecule has 0 saturated carbocycles. The van der Waals surface area contributed by atoms with Crippen molar-refractivity contribution in [2.75, 3.05) is 7.11 Å². The molecule has 0 spiro atoms. The maximum atomic E-state index is 11.2. The second-order valence-electron chi connectivity index (χ2n) is 2.67. The lowest BCUT2D eigenvalue weighted by Crippen LogP contribution is -1.98. The zero-order valence-electron chi connectivity index (χ0n) is 7.80. The number of nitriles is 1. The lowest BCUT2D eigenvalue weighted by Gasteiger charge is -2.06. The predicted octanol–water partition coefficient (Wildman–Crippen LogP) is 2.53. The highest BCUT2D eigenvalue weighted by atomic mass is 79.9. The van der Waals surface area contributed by atoms with E-state index in [-0.39, 0.29) is 5.78 Å². The van der Waals surface area contributed by atoms with E-state index < -0.39 is 0 Å². The first-order chi connectivity index (χ1) is 6.61. The standard InChI is InChI=1S/C10H8BrNO2/c1-6(13)7-3-4-9(14-2)8(5-12)10(7)11/h3-4H,1-2H3. The second-order valence-corrected chi connectivity index (χ2v) is 3.47. The summed E-state index contributed by atoms with van der Waals surface area (Å²) in [5.41, 5.74) is 0.836. The lowest BCUT2D eigenvalue weighted by molar-refractivity contribution is 0.101. The Kier molecular flexibility index (Phi) is 3.26. The number of Topliss-reactive ketones (excluding diaryl/α,β-unsaturated/α-hetero) is 1. The summed E-state index contributed by atoms with van der Waals surface area (Å²) >= 11 is 3.21. The Morgan fingerprint density at radius 3 is 2.64 bits per heavy atom. The van der Waals surface area contributed by atoms with E-state index >= 15 is 0 Å². The van der Waals surface area contributed by atoms with E-state index in [0.29, 0.717) is 21.3 Å². The van der Waals surface area contributed by atoms with Crippen molar-refractivity contribution in [3.05, 3.63) is 27.7 Å². The fourth-order valence-corrected chi connectivity index (χ4v) is 1.80. The summed E-state index contributed by atoms with van der Waals surface area (Å²) in [6.45, 7) is 1.45. The molecule has 0 radical (unpaired) electrons. The molecular weight excluding hydrogens is 246 g/mol. The molecule has 0 unspecified atom stereocenters. The van der Waals surface area contributed by atoms with Crippen LogP contribution >= 0.6 is 15.9 Å². The van der Waals surface area contributed by atoms with Crippen LogP contribution in [0.25, 0.3) is 0 Å². The third-order valence-electron chi connectivity index (χ3n) is 1.81. The Bertz CT molecular complexity index is 421. The third kappa shape index (κ3) is 1.78. The van der Waals surface area contributed by atoms with Gasteiger partial charge in [-0.2, -0.15) is 5.26 Å². The van der Waals surface area contributed by atoms with Crippen LogP contribution in [0.15, 0.2) is 16.6 Å². The van der Waals surface area contributed by atoms with Crippen LogP contribution in [-0.4, -0.2) is 12.9 Å². The first-order valence-corrected chi connectivity index (χ1v) is 4.68. The van der Waals surface area contributed by atoms with Crippen LogP contribution in [0.2, 0.25) is 0 Å². The van der Waals surface area contributed by atoms with E-state index in [1.54, 1.807) is 12.1 Å². The monoisotopic (exact) mass is 253 g/mol. The van der Waals surface area contributed by atoms with E-state index in [2.05, 4.69) is 15.9 Å². The van der Waals surface area contributed by atoms with Crippen molar-refractivity contribution in [1.29, 1.82) is 5.26 Å². The number of nitrogens with zero attached hydrogens (tertiary/aromatic N) is 1. The lowest BCUT2D eigenvalue weighted by atomic mass is 10.1. The van der Waals surface area contributed by atoms with Crippen molar-refractivity contribution in [1.82, 2.24) is 0 Å². The average molecular weight is 254 g/mol. The number of methoxy groups -OCH3 is 1. The molecule has 0 heterocycles. The maximum absolute atomic E-state index is 11.2. The highest BCUT2D eigenvalue weighted by molar-refractivity contribution is 9.10. The van der Waals surface area contributed by atoms with Crippen LogP contribution in [0.4, 0.5) is 0 Å². The summed E-state index contributed by atoms with van der Waals surface area (Å²) in [5, 5.41) is 8.87. The fraction of sp³-hybridized carbons (Fsp3) is 0.200. The van der Waals surface area contributed by atoms with Gasteiger partial charge in [0.2, 0.25) is 0 Å². The minimum Gasteiger partial charge on any atom is -0.495 e. The summed E-state index contributed by atoms with van der Waals surface area (Å²) in [6.07, 6.45) is 0. The van der Waals surface area contributed by atoms with Gasteiger partial charge in [0.15, 0.2) is 5.78 Å². The minimum atomic E-state index is -0.0870. The van der Waals surface area contributed by atoms with E-state index in [1.807, 2.05) is 6.07 Å². The number of benzene rings is 1. The van der Waals surface area contributed by atoms with Gasteiger partial charge < -0.3 is 4.74 Å². The van der Waals surface area contributed by atoms with Crippen molar-refractivity contribution in [2.45, 2.75) is 6.92 Å². The number of halogens is 1. The molecule has 1 aromatic carbocycles. The Morgan fingerprint density at radius 2 is 2.21 bits per heavy atom. The number of rotatable bonds is 2. The van der Waals surface area contributed by atoms with Crippen molar-refractivity contribution < 1.29 is 9.53 Å². The molecule has 14 heavy (non-hydrogen) atoms. The molecule has 3 nitrogen and oxygen atoms in total. The van der Waals surface area contributed by atoms with E-state index in [4.69, 9.17) is 10.00 Å². The number of hydrogen-bond donors (Lipinski definition) is 0. The highest BCUT2D eigenvalue weighted by Gasteiger charge is 2.13. The molecule has 0 atom stereocenters. The van der Waals surface area contributed by atoms with Gasteiger partial charge >= 0.3 is 0 Å². The highest BCUT2D eigenvalue weighted by Crippen LogP contribution is 2.29. The molecule has 0 bridgehead atoms. The zero-order chi connectivity index (χ0) is 10.7. The normalized spacial score (nSPS) is 9.29. The van der Waals surface area contributed by atoms with Gasteiger partial charge in [-0.3, -0.25) is 4.79 Å². The summed E-state index contributed by atoms with van der Waals surface area (Å²) in [5.74, 6) is 0.375. The molecule has 1 rings (SSSR count). The summed E-state index contributed by atoms with van der Waals surface area (Å²) < 4.78 is 5.48. The van der Waals surface area contributed by atoms with Gasteiger partial charge in [-0.05, 0) is 35.0 Å². The molecule has 0 amide bonds. The maximum Gasteiger partial charge on any atom is 0.160 e. The SMILES string of the molecule is COc1ccc(C(C)=O)c(Br)c1C#N. The molecule has 0 aliphatic heterocycles. The Morgan fingerprint density at radius 1 is 1.57 bits per heavy atom. The molecule has 0 saturated heterocycles. The van der Waals surface area contributed by atoms with Crippen molar-refractivity contribution >= 4 is 21.7 Å². The zero-order valence-corrected chi connectivity index (χ0v) is 9.38. The average Bonchev–Trinajstić information content (AvgIpc) is 2.16. The Hall–Kier alpha value is -1.34. The number of carbonyl (C=O) groups is 1. The Labute approximate surface area is 90.4 Å². The molecule has 0 aliphatic rings. The fourth-order valence-electron chi connectivity index (χ4n) is 1.10. The van der Waals surface area contributed by atoms with Gasteiger partial charge in [0.25, 0.3) is 0 Å². The summed E-state index contributed by atoms with van der Waals surface area (Å²) in [4.78, 5) is 11.2. The van der Waals surface area contributed by atoms with Gasteiger partial charge in [-0.1, -0.05) is 0 Å². The van der Waals surface area contributed by atoms with E-state index in [1.165, 1.54) is 14.0 Å². The number of ether oxygens (including phenoxy) is 1. The molecule has 0 N–H and O–H groups in total. The molecule has 1 aromatic rings. The third-order valence-corrected chi connectivity index (χ3v) is 2.64. The first-order valence-electron chi connectivity index (χ1n) is 3.89. The van der Waals surface area contributed by atoms with E-state index in [9.17, 15) is 4.79 Å². The largest absolute Gasteiger partial charge is 0.495 e. The van der Waals surface area contributed by atoms with Crippen molar-refractivity contribution in [3.63, 3.8) is 0 Å². The second kappa shape index (κ2) is 4.25. The molecule has 0 aliphatic carbocycles. The van der Waals surface area contributed by atoms with Crippen LogP contribution < -0.4 is 4.74 Å². The summed E-state index contributed by atoms with van der Waals surface area (Å²) in [7, 11) is 1.48. The van der Waals surface area contributed by atoms with Crippen LogP contribution in [0.1, 0.15) is 22.8 Å². The quantitative estimate of drug-likeness (QED) is 0.762. The minimum absolute atomic E-state index is 0.0870. The molecule has 4 heteroatoms. The molecule has 72 valence electrons. The van der Waals surface area contributed by atoms with Gasteiger partial charge in [0.1, 0.15) is 17.4 Å². The van der Waals surface area contributed by atoms with Crippen molar-refractivity contribution in [2.24, 2.45) is 0 Å². The van der Waals surface area contributed by atoms with Crippen molar-refractivity contribution in [3.8, 4) is 11.8 Å². The first kappa shape index (κ1) is 10.7. The number of ketones is 1. The molecule has 0 aromatic heterocycles. The van der Waals surface area contributed by atoms with Gasteiger partial charge in [0.05, 0.1) is 7.11 Å². The van der Waals surface area contributed by atoms with Crippen LogP contribution in [0.5, 0.6) is 5.75 Å². The predicted molar refractivity (Wildman–Crippen MR) is 55.4 cm³/mol. The van der Waals surface area contributed by atoms with Crippen LogP contribution in [0, 0.1) is 11.3 Å². The smallest absolute Gasteiger partial charge is 0.160 e. The van der Waals surface area contributed by atoms with Crippen LogP contribution in [0.3, 0.4) is 0 Å². The molecular formula is C10H8BrNO2. The number of hydrogen-bond acceptors (Lipinski definition) is 3. The number of carbonyl (C=O) groups excluding carboxylic acids is 1.